The molecule has 10 heteroatoms. The summed E-state index contributed by atoms with van der Waals surface area (Å²) in [5.41, 5.74) is 1.59. The summed E-state index contributed by atoms with van der Waals surface area (Å²) in [6.07, 6.45) is 0. The number of benzene rings is 1. The first-order valence-corrected chi connectivity index (χ1v) is 10.5. The van der Waals surface area contributed by atoms with Crippen molar-refractivity contribution in [3.05, 3.63) is 40.3 Å². The molecule has 0 unspecified atom stereocenters. The molecule has 0 bridgehead atoms. The van der Waals surface area contributed by atoms with Gasteiger partial charge in [-0.2, -0.15) is 0 Å². The highest BCUT2D eigenvalue weighted by molar-refractivity contribution is 7.99. The molecule has 0 aliphatic carbocycles. The summed E-state index contributed by atoms with van der Waals surface area (Å²) in [6, 6.07) is 6.60. The number of carbonyl (C=O) groups excluding carboxylic acids is 2. The molecule has 152 valence electrons. The van der Waals surface area contributed by atoms with E-state index < -0.39 is 5.97 Å². The molecule has 2 N–H and O–H groups in total. The second-order valence-corrected chi connectivity index (χ2v) is 8.09. The van der Waals surface area contributed by atoms with E-state index in [4.69, 9.17) is 9.15 Å². The van der Waals surface area contributed by atoms with E-state index >= 15 is 0 Å². The number of thiophene rings is 1. The lowest BCUT2D eigenvalue weighted by Gasteiger charge is -2.06. The fourth-order valence-electron chi connectivity index (χ4n) is 2.49. The summed E-state index contributed by atoms with van der Waals surface area (Å²) in [5, 5.41) is 21.0. The van der Waals surface area contributed by atoms with E-state index in [-0.39, 0.29) is 35.1 Å². The highest BCUT2D eigenvalue weighted by Crippen LogP contribution is 2.33. The van der Waals surface area contributed by atoms with Crippen LogP contribution in [0.5, 0.6) is 5.75 Å². The standard InChI is InChI=1S/C19H19N3O5S2/c1-4-26-18(25)15-10(2)11(3)29-17(15)20-14(24)9-28-19-22-21-16(27-19)12-7-5-6-8-13(12)23/h5-8,23H,4,9H2,1-3H3,(H,20,24). The lowest BCUT2D eigenvalue weighted by Crippen LogP contribution is -2.16. The van der Waals surface area contributed by atoms with Crippen LogP contribution in [0.25, 0.3) is 11.5 Å². The van der Waals surface area contributed by atoms with Crippen LogP contribution in [0.15, 0.2) is 33.9 Å². The predicted molar refractivity (Wildman–Crippen MR) is 111 cm³/mol. The maximum Gasteiger partial charge on any atom is 0.341 e. The van der Waals surface area contributed by atoms with Crippen molar-refractivity contribution < 1.29 is 23.8 Å². The molecule has 1 aromatic carbocycles. The molecule has 1 amide bonds. The highest BCUT2D eigenvalue weighted by Gasteiger charge is 2.22. The largest absolute Gasteiger partial charge is 0.507 e. The minimum atomic E-state index is -0.457. The highest BCUT2D eigenvalue weighted by atomic mass is 32.2. The normalized spacial score (nSPS) is 10.7. The second-order valence-electron chi connectivity index (χ2n) is 5.93. The number of phenolic OH excluding ortho intramolecular Hbond substituents is 1. The van der Waals surface area contributed by atoms with E-state index in [0.29, 0.717) is 16.1 Å². The number of hydrogen-bond acceptors (Lipinski definition) is 9. The number of amides is 1. The Morgan fingerprint density at radius 1 is 1.28 bits per heavy atom. The van der Waals surface area contributed by atoms with Crippen molar-refractivity contribution in [2.45, 2.75) is 26.0 Å². The number of phenols is 1. The van der Waals surface area contributed by atoms with E-state index in [9.17, 15) is 14.7 Å². The van der Waals surface area contributed by atoms with Gasteiger partial charge in [-0.1, -0.05) is 23.9 Å². The van der Waals surface area contributed by atoms with Crippen LogP contribution in [0.3, 0.4) is 0 Å². The monoisotopic (exact) mass is 433 g/mol. The molecule has 2 heterocycles. The van der Waals surface area contributed by atoms with E-state index in [0.717, 1.165) is 22.2 Å². The van der Waals surface area contributed by atoms with Gasteiger partial charge in [-0.05, 0) is 38.5 Å². The van der Waals surface area contributed by atoms with Crippen LogP contribution in [-0.4, -0.2) is 39.5 Å². The van der Waals surface area contributed by atoms with Gasteiger partial charge in [0.05, 0.1) is 23.5 Å². The molecule has 0 spiro atoms. The number of nitrogens with zero attached hydrogens (tertiary/aromatic N) is 2. The van der Waals surface area contributed by atoms with Crippen molar-refractivity contribution >= 4 is 40.0 Å². The fraction of sp³-hybridized carbons (Fsp3) is 0.263. The zero-order valence-electron chi connectivity index (χ0n) is 16.0. The third-order valence-corrected chi connectivity index (χ3v) is 5.93. The number of carbonyl (C=O) groups is 2. The second kappa shape index (κ2) is 9.10. The van der Waals surface area contributed by atoms with Crippen molar-refractivity contribution in [1.29, 1.82) is 0 Å². The summed E-state index contributed by atoms with van der Waals surface area (Å²) >= 11 is 2.39. The van der Waals surface area contributed by atoms with Gasteiger partial charge in [0, 0.05) is 4.88 Å². The molecule has 3 aromatic rings. The molecule has 0 aliphatic rings. The van der Waals surface area contributed by atoms with Crippen molar-refractivity contribution in [2.75, 3.05) is 17.7 Å². The fourth-order valence-corrected chi connectivity index (χ4v) is 4.11. The number of aromatic hydroxyl groups is 1. The Morgan fingerprint density at radius 3 is 2.76 bits per heavy atom. The van der Waals surface area contributed by atoms with Gasteiger partial charge in [-0.25, -0.2) is 4.79 Å². The smallest absolute Gasteiger partial charge is 0.341 e. The van der Waals surface area contributed by atoms with Crippen LogP contribution < -0.4 is 5.32 Å². The van der Waals surface area contributed by atoms with Gasteiger partial charge in [0.15, 0.2) is 0 Å². The maximum absolute atomic E-state index is 12.4. The van der Waals surface area contributed by atoms with Gasteiger partial charge in [0.1, 0.15) is 10.8 Å². The number of aryl methyl sites for hydroxylation is 1. The number of nitrogens with one attached hydrogen (secondary N) is 1. The van der Waals surface area contributed by atoms with Crippen LogP contribution in [0.4, 0.5) is 5.00 Å². The molecule has 8 nitrogen and oxygen atoms in total. The lowest BCUT2D eigenvalue weighted by atomic mass is 10.1. The van der Waals surface area contributed by atoms with Gasteiger partial charge in [-0.15, -0.1) is 21.5 Å². The average Bonchev–Trinajstić information content (AvgIpc) is 3.25. The third-order valence-electron chi connectivity index (χ3n) is 3.99. The van der Waals surface area contributed by atoms with Gasteiger partial charge in [-0.3, -0.25) is 4.79 Å². The van der Waals surface area contributed by atoms with Crippen LogP contribution >= 0.6 is 23.1 Å². The zero-order valence-corrected chi connectivity index (χ0v) is 17.6. The Bertz CT molecular complexity index is 1040. The molecule has 0 saturated heterocycles. The van der Waals surface area contributed by atoms with Gasteiger partial charge in [0.2, 0.25) is 5.91 Å². The number of hydrogen-bond donors (Lipinski definition) is 2. The number of anilines is 1. The quantitative estimate of drug-likeness (QED) is 0.424. The molecular weight excluding hydrogens is 414 g/mol. The maximum atomic E-state index is 12.4. The minimum Gasteiger partial charge on any atom is -0.507 e. The van der Waals surface area contributed by atoms with E-state index in [1.165, 1.54) is 17.4 Å². The molecule has 2 aromatic heterocycles. The molecule has 0 atom stereocenters. The van der Waals surface area contributed by atoms with Gasteiger partial charge < -0.3 is 19.6 Å². The molecule has 0 fully saturated rings. The Labute approximate surface area is 175 Å². The number of para-hydroxylation sites is 1. The van der Waals surface area contributed by atoms with Crippen LogP contribution in [0.1, 0.15) is 27.7 Å². The van der Waals surface area contributed by atoms with Gasteiger partial charge in [0.25, 0.3) is 11.1 Å². The van der Waals surface area contributed by atoms with Crippen LogP contribution in [-0.2, 0) is 9.53 Å². The Hall–Kier alpha value is -2.85. The summed E-state index contributed by atoms with van der Waals surface area (Å²) in [4.78, 5) is 25.5. The Kier molecular flexibility index (Phi) is 6.55. The van der Waals surface area contributed by atoms with Crippen LogP contribution in [0.2, 0.25) is 0 Å². The SMILES string of the molecule is CCOC(=O)c1c(NC(=O)CSc2nnc(-c3ccccc3O)o2)sc(C)c1C. The van der Waals surface area contributed by atoms with Crippen molar-refractivity contribution in [2.24, 2.45) is 0 Å². The number of rotatable bonds is 7. The number of aromatic nitrogens is 2. The van der Waals surface area contributed by atoms with Crippen molar-refractivity contribution in [3.63, 3.8) is 0 Å². The predicted octanol–water partition coefficient (Wildman–Crippen LogP) is 4.03. The average molecular weight is 434 g/mol. The summed E-state index contributed by atoms with van der Waals surface area (Å²) in [5.74, 6) is -0.563. The first-order valence-electron chi connectivity index (χ1n) is 8.72. The number of ether oxygens (including phenoxy) is 1. The number of esters is 1. The van der Waals surface area contributed by atoms with E-state index in [1.807, 2.05) is 13.8 Å². The van der Waals surface area contributed by atoms with Crippen molar-refractivity contribution in [1.82, 2.24) is 10.2 Å². The molecular formula is C19H19N3O5S2. The van der Waals surface area contributed by atoms with Gasteiger partial charge >= 0.3 is 5.97 Å². The summed E-state index contributed by atoms with van der Waals surface area (Å²) in [6.45, 7) is 5.69. The Balaban J connectivity index is 1.65. The summed E-state index contributed by atoms with van der Waals surface area (Å²) in [7, 11) is 0. The third kappa shape index (κ3) is 4.77. The van der Waals surface area contributed by atoms with Crippen LogP contribution in [0, 0.1) is 13.8 Å². The molecule has 0 radical (unpaired) electrons. The molecule has 29 heavy (non-hydrogen) atoms. The van der Waals surface area contributed by atoms with E-state index in [2.05, 4.69) is 15.5 Å². The van der Waals surface area contributed by atoms with E-state index in [1.54, 1.807) is 25.1 Å². The minimum absolute atomic E-state index is 0.0145. The first kappa shape index (κ1) is 20.9. The molecule has 0 saturated carbocycles. The Morgan fingerprint density at radius 2 is 2.03 bits per heavy atom. The first-order chi connectivity index (χ1) is 13.9. The number of thioether (sulfide) groups is 1. The lowest BCUT2D eigenvalue weighted by molar-refractivity contribution is -0.113. The zero-order chi connectivity index (χ0) is 21.0. The molecule has 3 rings (SSSR count). The van der Waals surface area contributed by atoms with Crippen molar-refractivity contribution in [3.8, 4) is 17.2 Å². The molecule has 0 aliphatic heterocycles. The summed E-state index contributed by atoms with van der Waals surface area (Å²) < 4.78 is 10.6. The topological polar surface area (TPSA) is 115 Å².